The van der Waals surface area contributed by atoms with E-state index in [4.69, 9.17) is 0 Å². The van der Waals surface area contributed by atoms with E-state index >= 15 is 4.57 Å². The quantitative estimate of drug-likeness (QED) is 0.230. The van der Waals surface area contributed by atoms with E-state index in [9.17, 15) is 4.79 Å². The third-order valence-electron chi connectivity index (χ3n) is 7.78. The Bertz CT molecular complexity index is 1840. The summed E-state index contributed by atoms with van der Waals surface area (Å²) in [5.41, 5.74) is 3.82. The van der Waals surface area contributed by atoms with Gasteiger partial charge in [-0.3, -0.25) is 4.79 Å². The van der Waals surface area contributed by atoms with Crippen molar-refractivity contribution in [2.75, 3.05) is 4.90 Å². The van der Waals surface area contributed by atoms with Gasteiger partial charge in [0.1, 0.15) is 6.04 Å². The number of anilines is 1. The summed E-state index contributed by atoms with van der Waals surface area (Å²) in [5.74, 6) is 0.00612. The van der Waals surface area contributed by atoms with Gasteiger partial charge in [0.2, 0.25) is 0 Å². The van der Waals surface area contributed by atoms with Crippen LogP contribution < -0.4 is 20.8 Å². The molecule has 1 atom stereocenters. The molecule has 0 radical (unpaired) electrons. The Balaban J connectivity index is 1.44. The van der Waals surface area contributed by atoms with E-state index in [1.807, 2.05) is 155 Å². The van der Waals surface area contributed by atoms with Crippen molar-refractivity contribution >= 4 is 45.6 Å². The molecule has 4 nitrogen and oxygen atoms in total. The Morgan fingerprint density at radius 3 is 1.85 bits per heavy atom. The maximum absolute atomic E-state index is 15.4. The van der Waals surface area contributed by atoms with E-state index in [-0.39, 0.29) is 5.91 Å². The molecule has 0 N–H and O–H groups in total. The van der Waals surface area contributed by atoms with Gasteiger partial charge < -0.3 is 14.0 Å². The van der Waals surface area contributed by atoms with Gasteiger partial charge in [0.15, 0.2) is 7.14 Å². The number of hydrogen-bond acceptors (Lipinski definition) is 2. The maximum atomic E-state index is 15.4. The third-order valence-corrected chi connectivity index (χ3v) is 10.9. The maximum Gasteiger partial charge on any atom is 0.255 e. The summed E-state index contributed by atoms with van der Waals surface area (Å²) in [6.45, 7) is 0.492. The van der Waals surface area contributed by atoms with E-state index in [2.05, 4.69) is 0 Å². The molecule has 1 aliphatic rings. The van der Waals surface area contributed by atoms with Crippen molar-refractivity contribution < 1.29 is 9.36 Å². The van der Waals surface area contributed by atoms with E-state index in [1.54, 1.807) is 0 Å². The van der Waals surface area contributed by atoms with Gasteiger partial charge in [-0.15, -0.1) is 0 Å². The third kappa shape index (κ3) is 3.84. The minimum Gasteiger partial charge on any atom is -0.330 e. The molecule has 0 spiro atoms. The lowest BCUT2D eigenvalue weighted by atomic mass is 10.1. The van der Waals surface area contributed by atoms with Crippen LogP contribution in [0.1, 0.15) is 17.2 Å². The highest BCUT2D eigenvalue weighted by atomic mass is 31.2. The summed E-state index contributed by atoms with van der Waals surface area (Å²) < 4.78 is 17.4. The molecule has 0 bridgehead atoms. The van der Waals surface area contributed by atoms with Crippen LogP contribution in [0, 0.1) is 0 Å². The minimum absolute atomic E-state index is 0.00612. The Labute approximate surface area is 233 Å². The van der Waals surface area contributed by atoms with Crippen LogP contribution in [0.15, 0.2) is 146 Å². The number of amides is 1. The molecule has 1 aliphatic heterocycles. The zero-order valence-corrected chi connectivity index (χ0v) is 22.7. The first-order chi connectivity index (χ1) is 19.7. The minimum atomic E-state index is -3.26. The fraction of sp³-hybridized carbons (Fsp3) is 0.0571. The Morgan fingerprint density at radius 2 is 1.18 bits per heavy atom. The second-order valence-electron chi connectivity index (χ2n) is 10.1. The lowest BCUT2D eigenvalue weighted by Gasteiger charge is -2.20. The fourth-order valence-electron chi connectivity index (χ4n) is 5.92. The number of fused-ring (bicyclic) bond motifs is 2. The Kier molecular flexibility index (Phi) is 5.99. The molecule has 5 aromatic carbocycles. The van der Waals surface area contributed by atoms with Crippen LogP contribution in [0.2, 0.25) is 0 Å². The van der Waals surface area contributed by atoms with Crippen LogP contribution in [-0.2, 0) is 15.9 Å². The van der Waals surface area contributed by atoms with Crippen LogP contribution in [0.4, 0.5) is 5.69 Å². The molecular weight excluding hydrogens is 511 g/mol. The summed E-state index contributed by atoms with van der Waals surface area (Å²) in [6.07, 6.45) is 1.97. The highest BCUT2D eigenvalue weighted by Gasteiger charge is 2.41. The summed E-state index contributed by atoms with van der Waals surface area (Å²) in [7, 11) is -3.26. The predicted molar refractivity (Wildman–Crippen MR) is 164 cm³/mol. The average molecular weight is 539 g/mol. The Morgan fingerprint density at radius 1 is 0.625 bits per heavy atom. The van der Waals surface area contributed by atoms with Crippen LogP contribution in [-0.4, -0.2) is 10.5 Å². The normalized spacial score (nSPS) is 14.9. The molecule has 0 aliphatic carbocycles. The molecule has 1 aromatic heterocycles. The highest BCUT2D eigenvalue weighted by Crippen LogP contribution is 2.47. The van der Waals surface area contributed by atoms with Gasteiger partial charge in [0.25, 0.3) is 5.91 Å². The molecule has 6 aromatic rings. The molecule has 40 heavy (non-hydrogen) atoms. The van der Waals surface area contributed by atoms with Gasteiger partial charge in [-0.1, -0.05) is 127 Å². The fourth-order valence-corrected chi connectivity index (χ4v) is 8.77. The molecule has 1 unspecified atom stereocenters. The average Bonchev–Trinajstić information content (AvgIpc) is 3.53. The zero-order valence-electron chi connectivity index (χ0n) is 21.8. The van der Waals surface area contributed by atoms with Gasteiger partial charge in [-0.25, -0.2) is 0 Å². The molecule has 194 valence electrons. The van der Waals surface area contributed by atoms with Crippen molar-refractivity contribution in [2.24, 2.45) is 0 Å². The topological polar surface area (TPSA) is 42.3 Å². The van der Waals surface area contributed by atoms with E-state index in [0.717, 1.165) is 43.6 Å². The van der Waals surface area contributed by atoms with Gasteiger partial charge in [-0.05, 0) is 17.7 Å². The van der Waals surface area contributed by atoms with E-state index < -0.39 is 13.2 Å². The molecule has 2 heterocycles. The van der Waals surface area contributed by atoms with Gasteiger partial charge >= 0.3 is 0 Å². The van der Waals surface area contributed by atoms with E-state index in [1.165, 1.54) is 0 Å². The monoisotopic (exact) mass is 538 g/mol. The SMILES string of the molecule is O=C1C(n2cc(P(=O)(c3ccccc3)c3ccccc3)c3ccccc32)c2ccccc2N1Cc1ccccc1. The van der Waals surface area contributed by atoms with Crippen molar-refractivity contribution in [1.29, 1.82) is 0 Å². The van der Waals surface area contributed by atoms with Crippen LogP contribution >= 0.6 is 7.14 Å². The molecular formula is C35H27N2O2P. The molecule has 5 heteroatoms. The second kappa shape index (κ2) is 9.82. The molecule has 7 rings (SSSR count). The smallest absolute Gasteiger partial charge is 0.255 e. The second-order valence-corrected chi connectivity index (χ2v) is 12.8. The molecule has 0 saturated heterocycles. The van der Waals surface area contributed by atoms with Crippen LogP contribution in [0.5, 0.6) is 0 Å². The number of benzene rings is 5. The van der Waals surface area contributed by atoms with E-state index in [0.29, 0.717) is 6.54 Å². The number of aromatic nitrogens is 1. The first kappa shape index (κ1) is 24.4. The molecule has 1 amide bonds. The van der Waals surface area contributed by atoms with Crippen LogP contribution in [0.25, 0.3) is 10.9 Å². The Hall–Kier alpha value is -4.66. The van der Waals surface area contributed by atoms with Gasteiger partial charge in [0.05, 0.1) is 6.54 Å². The summed E-state index contributed by atoms with van der Waals surface area (Å²) in [6, 6.07) is 44.9. The zero-order chi connectivity index (χ0) is 27.1. The van der Waals surface area contributed by atoms with Crippen LogP contribution in [0.3, 0.4) is 0 Å². The van der Waals surface area contributed by atoms with Crippen molar-refractivity contribution in [3.8, 4) is 0 Å². The first-order valence-corrected chi connectivity index (χ1v) is 15.1. The number of rotatable bonds is 6. The number of carbonyl (C=O) groups excluding carboxylic acids is 1. The largest absolute Gasteiger partial charge is 0.330 e. The molecule has 0 fully saturated rings. The molecule has 0 saturated carbocycles. The van der Waals surface area contributed by atoms with Gasteiger partial charge in [-0.2, -0.15) is 0 Å². The van der Waals surface area contributed by atoms with Gasteiger partial charge in [0, 0.05) is 44.3 Å². The van der Waals surface area contributed by atoms with Crippen molar-refractivity contribution in [3.05, 3.63) is 157 Å². The first-order valence-electron chi connectivity index (χ1n) is 13.4. The number of hydrogen-bond donors (Lipinski definition) is 0. The predicted octanol–water partition coefficient (Wildman–Crippen LogP) is 6.42. The standard InChI is InChI=1S/C35H27N2O2P/c38-35-34(30-21-11-13-23-32(30)37(35)24-26-14-4-1-5-15-26)36-25-33(29-20-10-12-22-31(29)36)40(39,27-16-6-2-7-17-27)28-18-8-3-9-19-28/h1-23,25,34H,24H2. The van der Waals surface area contributed by atoms with Crippen molar-refractivity contribution in [1.82, 2.24) is 4.57 Å². The lowest BCUT2D eigenvalue weighted by molar-refractivity contribution is -0.119. The highest BCUT2D eigenvalue weighted by molar-refractivity contribution is 7.85. The van der Waals surface area contributed by atoms with Crippen molar-refractivity contribution in [2.45, 2.75) is 12.6 Å². The number of carbonyl (C=O) groups is 1. The van der Waals surface area contributed by atoms with Crippen molar-refractivity contribution in [3.63, 3.8) is 0 Å². The summed E-state index contributed by atoms with van der Waals surface area (Å²) in [4.78, 5) is 16.1. The number of nitrogens with zero attached hydrogens (tertiary/aromatic N) is 2. The number of para-hydroxylation sites is 2. The lowest BCUT2D eigenvalue weighted by Crippen LogP contribution is -2.31. The summed E-state index contributed by atoms with van der Waals surface area (Å²) in [5, 5.41) is 3.18. The summed E-state index contributed by atoms with van der Waals surface area (Å²) >= 11 is 0.